The van der Waals surface area contributed by atoms with Gasteiger partial charge in [0, 0.05) is 12.6 Å². The van der Waals surface area contributed by atoms with Crippen LogP contribution in [0.25, 0.3) is 0 Å². The second kappa shape index (κ2) is 8.58. The zero-order chi connectivity index (χ0) is 21.0. The third-order valence-corrected chi connectivity index (χ3v) is 6.31. The smallest absolute Gasteiger partial charge is 0.225 e. The number of amides is 1. The third kappa shape index (κ3) is 4.80. The molecule has 1 unspecified atom stereocenters. The van der Waals surface area contributed by atoms with Gasteiger partial charge in [-0.15, -0.1) is 0 Å². The number of carbonyl (C=O) groups is 1. The maximum Gasteiger partial charge on any atom is 0.225 e. The van der Waals surface area contributed by atoms with Crippen molar-refractivity contribution < 1.29 is 22.7 Å². The molecule has 1 aromatic heterocycles. The fourth-order valence-electron chi connectivity index (χ4n) is 3.09. The van der Waals surface area contributed by atoms with Crippen molar-refractivity contribution in [2.75, 3.05) is 17.7 Å². The van der Waals surface area contributed by atoms with Crippen LogP contribution in [0.1, 0.15) is 6.42 Å². The van der Waals surface area contributed by atoms with Gasteiger partial charge in [-0.05, 0) is 24.3 Å². The summed E-state index contributed by atoms with van der Waals surface area (Å²) in [5, 5.41) is 6.90. The summed E-state index contributed by atoms with van der Waals surface area (Å²) in [4.78, 5) is 12.4. The molecule has 0 saturated heterocycles. The lowest BCUT2D eigenvalue weighted by Crippen LogP contribution is -2.33. The minimum atomic E-state index is -3.50. The molecule has 2 heterocycles. The van der Waals surface area contributed by atoms with Crippen LogP contribution in [0.3, 0.4) is 0 Å². The van der Waals surface area contributed by atoms with E-state index in [9.17, 15) is 13.2 Å². The number of nitrogens with zero attached hydrogens (tertiary/aromatic N) is 2. The minimum Gasteiger partial charge on any atom is -0.486 e. The van der Waals surface area contributed by atoms with E-state index in [0.717, 1.165) is 0 Å². The molecule has 0 radical (unpaired) electrons. The maximum atomic E-state index is 12.3. The SMILES string of the molecule is O=C(CCS(=O)(=O)c1ccccc1)Nc1cnn(CC2COc3ccccc3O2)c1. The number of para-hydroxylation sites is 2. The molecule has 0 fully saturated rings. The lowest BCUT2D eigenvalue weighted by atomic mass is 10.2. The molecular weight excluding hydrogens is 406 g/mol. The number of hydrogen-bond donors (Lipinski definition) is 1. The molecule has 2 aromatic carbocycles. The largest absolute Gasteiger partial charge is 0.486 e. The Morgan fingerprint density at radius 3 is 2.63 bits per heavy atom. The maximum absolute atomic E-state index is 12.3. The Balaban J connectivity index is 1.29. The van der Waals surface area contributed by atoms with E-state index >= 15 is 0 Å². The van der Waals surface area contributed by atoms with Crippen LogP contribution >= 0.6 is 0 Å². The quantitative estimate of drug-likeness (QED) is 0.622. The van der Waals surface area contributed by atoms with Gasteiger partial charge in [0.05, 0.1) is 29.1 Å². The molecule has 1 amide bonds. The summed E-state index contributed by atoms with van der Waals surface area (Å²) in [5.41, 5.74) is 0.495. The highest BCUT2D eigenvalue weighted by atomic mass is 32.2. The first kappa shape index (κ1) is 20.0. The normalized spacial score (nSPS) is 15.5. The molecule has 1 N–H and O–H groups in total. The van der Waals surface area contributed by atoms with E-state index in [-0.39, 0.29) is 29.1 Å². The topological polar surface area (TPSA) is 99.5 Å². The first-order chi connectivity index (χ1) is 14.5. The first-order valence-electron chi connectivity index (χ1n) is 9.48. The van der Waals surface area contributed by atoms with Crippen LogP contribution in [-0.2, 0) is 21.2 Å². The summed E-state index contributed by atoms with van der Waals surface area (Å²) in [7, 11) is -3.50. The molecule has 1 aliphatic rings. The Bertz CT molecular complexity index is 1130. The molecule has 1 atom stereocenters. The number of anilines is 1. The summed E-state index contributed by atoms with van der Waals surface area (Å²) >= 11 is 0. The van der Waals surface area contributed by atoms with Crippen molar-refractivity contribution in [3.8, 4) is 11.5 Å². The first-order valence-corrected chi connectivity index (χ1v) is 11.1. The molecule has 0 aliphatic carbocycles. The number of rotatable bonds is 7. The Labute approximate surface area is 174 Å². The number of fused-ring (bicyclic) bond motifs is 1. The van der Waals surface area contributed by atoms with Gasteiger partial charge < -0.3 is 14.8 Å². The van der Waals surface area contributed by atoms with Crippen molar-refractivity contribution in [3.05, 3.63) is 67.0 Å². The highest BCUT2D eigenvalue weighted by Gasteiger charge is 2.21. The Morgan fingerprint density at radius 2 is 1.83 bits per heavy atom. The van der Waals surface area contributed by atoms with Crippen LogP contribution in [0.4, 0.5) is 5.69 Å². The highest BCUT2D eigenvalue weighted by molar-refractivity contribution is 7.91. The Kier molecular flexibility index (Phi) is 5.71. The van der Waals surface area contributed by atoms with Gasteiger partial charge in [-0.3, -0.25) is 9.48 Å². The summed E-state index contributed by atoms with van der Waals surface area (Å²) in [5.74, 6) is 0.755. The number of aromatic nitrogens is 2. The molecule has 8 nitrogen and oxygen atoms in total. The number of hydrogen-bond acceptors (Lipinski definition) is 6. The zero-order valence-corrected chi connectivity index (χ0v) is 16.9. The van der Waals surface area contributed by atoms with E-state index in [2.05, 4.69) is 10.4 Å². The number of nitrogens with one attached hydrogen (secondary N) is 1. The van der Waals surface area contributed by atoms with Crippen molar-refractivity contribution in [3.63, 3.8) is 0 Å². The number of sulfone groups is 1. The standard InChI is InChI=1S/C21H21N3O5S/c25-21(10-11-30(26,27)18-6-2-1-3-7-18)23-16-12-22-24(13-16)14-17-15-28-19-8-4-5-9-20(19)29-17/h1-9,12-13,17H,10-11,14-15H2,(H,23,25). The predicted molar refractivity (Wildman–Crippen MR) is 110 cm³/mol. The van der Waals surface area contributed by atoms with E-state index in [0.29, 0.717) is 30.3 Å². The lowest BCUT2D eigenvalue weighted by Gasteiger charge is -2.26. The number of carbonyl (C=O) groups excluding carboxylic acids is 1. The van der Waals surface area contributed by atoms with Gasteiger partial charge in [-0.25, -0.2) is 8.42 Å². The Hall–Kier alpha value is -3.33. The van der Waals surface area contributed by atoms with Gasteiger partial charge in [0.2, 0.25) is 5.91 Å². The van der Waals surface area contributed by atoms with Crippen molar-refractivity contribution in [2.24, 2.45) is 0 Å². The van der Waals surface area contributed by atoms with Crippen molar-refractivity contribution in [1.29, 1.82) is 0 Å². The van der Waals surface area contributed by atoms with E-state index in [1.54, 1.807) is 29.1 Å². The second-order valence-electron chi connectivity index (χ2n) is 6.88. The molecular formula is C21H21N3O5S. The monoisotopic (exact) mass is 427 g/mol. The van der Waals surface area contributed by atoms with Gasteiger partial charge >= 0.3 is 0 Å². The van der Waals surface area contributed by atoms with Crippen LogP contribution < -0.4 is 14.8 Å². The number of ether oxygens (including phenoxy) is 2. The molecule has 0 spiro atoms. The van der Waals surface area contributed by atoms with Gasteiger partial charge in [-0.2, -0.15) is 5.10 Å². The van der Waals surface area contributed by atoms with Crippen LogP contribution in [0.5, 0.6) is 11.5 Å². The second-order valence-corrected chi connectivity index (χ2v) is 8.99. The van der Waals surface area contributed by atoms with Gasteiger partial charge in [-0.1, -0.05) is 30.3 Å². The molecule has 1 aliphatic heterocycles. The molecule has 3 aromatic rings. The molecule has 4 rings (SSSR count). The summed E-state index contributed by atoms with van der Waals surface area (Å²) < 4.78 is 37.8. The zero-order valence-electron chi connectivity index (χ0n) is 16.1. The molecule has 0 bridgehead atoms. The fourth-order valence-corrected chi connectivity index (χ4v) is 4.35. The average molecular weight is 427 g/mol. The van der Waals surface area contributed by atoms with Crippen LogP contribution in [0, 0.1) is 0 Å². The van der Waals surface area contributed by atoms with E-state index in [1.165, 1.54) is 18.3 Å². The van der Waals surface area contributed by atoms with Gasteiger partial charge in [0.15, 0.2) is 27.4 Å². The molecule has 9 heteroatoms. The molecule has 0 saturated carbocycles. The highest BCUT2D eigenvalue weighted by Crippen LogP contribution is 2.31. The van der Waals surface area contributed by atoms with Crippen molar-refractivity contribution in [2.45, 2.75) is 24.0 Å². The minimum absolute atomic E-state index is 0.140. The molecule has 156 valence electrons. The third-order valence-electron chi connectivity index (χ3n) is 4.58. The Morgan fingerprint density at radius 1 is 1.10 bits per heavy atom. The lowest BCUT2D eigenvalue weighted by molar-refractivity contribution is -0.115. The number of benzene rings is 2. The van der Waals surface area contributed by atoms with Crippen LogP contribution in [-0.4, -0.2) is 42.6 Å². The van der Waals surface area contributed by atoms with E-state index < -0.39 is 9.84 Å². The van der Waals surface area contributed by atoms with Crippen molar-refractivity contribution >= 4 is 21.4 Å². The van der Waals surface area contributed by atoms with E-state index in [4.69, 9.17) is 9.47 Å². The van der Waals surface area contributed by atoms with Crippen molar-refractivity contribution in [1.82, 2.24) is 9.78 Å². The fraction of sp³-hybridized carbons (Fsp3) is 0.238. The summed E-state index contributed by atoms with van der Waals surface area (Å²) in [6.07, 6.45) is 2.84. The summed E-state index contributed by atoms with van der Waals surface area (Å²) in [6, 6.07) is 15.6. The average Bonchev–Trinajstić information content (AvgIpc) is 3.19. The predicted octanol–water partition coefficient (Wildman–Crippen LogP) is 2.53. The van der Waals surface area contributed by atoms with Gasteiger partial charge in [0.25, 0.3) is 0 Å². The van der Waals surface area contributed by atoms with E-state index in [1.807, 2.05) is 24.3 Å². The van der Waals surface area contributed by atoms with Crippen LogP contribution in [0.15, 0.2) is 71.9 Å². The molecule has 30 heavy (non-hydrogen) atoms. The summed E-state index contributed by atoms with van der Waals surface area (Å²) in [6.45, 7) is 0.850. The van der Waals surface area contributed by atoms with Gasteiger partial charge in [0.1, 0.15) is 6.61 Å². The van der Waals surface area contributed by atoms with Crippen LogP contribution in [0.2, 0.25) is 0 Å².